The number of thiazole rings is 1. The van der Waals surface area contributed by atoms with Gasteiger partial charge in [-0.05, 0) is 15.9 Å². The van der Waals surface area contributed by atoms with Crippen molar-refractivity contribution in [1.82, 2.24) is 15.2 Å². The van der Waals surface area contributed by atoms with Gasteiger partial charge in [0.1, 0.15) is 3.79 Å². The summed E-state index contributed by atoms with van der Waals surface area (Å²) in [5, 5.41) is 7.72. The summed E-state index contributed by atoms with van der Waals surface area (Å²) >= 11 is 10.4. The van der Waals surface area contributed by atoms with E-state index in [9.17, 15) is 0 Å². The second-order valence-electron chi connectivity index (χ2n) is 2.41. The van der Waals surface area contributed by atoms with Crippen molar-refractivity contribution in [2.75, 3.05) is 5.88 Å². The second kappa shape index (κ2) is 4.37. The SMILES string of the molecule is ClCCc1nnc(-c2ncsc2Br)o1. The highest BCUT2D eigenvalue weighted by Crippen LogP contribution is 2.29. The standard InChI is InChI=1S/C7H5BrClN3OS/c8-6-5(10-3-14-6)7-12-11-4(13-7)1-2-9/h3H,1-2H2. The Kier molecular flexibility index (Phi) is 3.15. The molecule has 0 spiro atoms. The lowest BCUT2D eigenvalue weighted by Crippen LogP contribution is -1.84. The zero-order valence-corrected chi connectivity index (χ0v) is 10.1. The lowest BCUT2D eigenvalue weighted by atomic mass is 10.5. The lowest BCUT2D eigenvalue weighted by Gasteiger charge is -1.88. The van der Waals surface area contributed by atoms with Crippen molar-refractivity contribution < 1.29 is 4.42 Å². The molecule has 0 radical (unpaired) electrons. The van der Waals surface area contributed by atoms with Crippen molar-refractivity contribution in [3.8, 4) is 11.6 Å². The van der Waals surface area contributed by atoms with Gasteiger partial charge in [0.15, 0.2) is 5.69 Å². The molecule has 0 unspecified atom stereocenters. The first-order valence-corrected chi connectivity index (χ1v) is 5.99. The number of hydrogen-bond donors (Lipinski definition) is 0. The number of hydrogen-bond acceptors (Lipinski definition) is 5. The maximum atomic E-state index is 5.55. The minimum Gasteiger partial charge on any atom is -0.419 e. The summed E-state index contributed by atoms with van der Waals surface area (Å²) in [4.78, 5) is 4.10. The molecule has 74 valence electrons. The predicted octanol–water partition coefficient (Wildman–Crippen LogP) is 2.74. The highest BCUT2D eigenvalue weighted by atomic mass is 79.9. The lowest BCUT2D eigenvalue weighted by molar-refractivity contribution is 0.512. The second-order valence-corrected chi connectivity index (χ2v) is 4.97. The van der Waals surface area contributed by atoms with E-state index in [0.717, 1.165) is 3.79 Å². The Morgan fingerprint density at radius 3 is 3.00 bits per heavy atom. The van der Waals surface area contributed by atoms with Crippen LogP contribution in [0.1, 0.15) is 5.89 Å². The molecule has 2 rings (SSSR count). The monoisotopic (exact) mass is 293 g/mol. The number of alkyl halides is 1. The van der Waals surface area contributed by atoms with Crippen molar-refractivity contribution in [2.24, 2.45) is 0 Å². The van der Waals surface area contributed by atoms with Crippen LogP contribution in [0.4, 0.5) is 0 Å². The van der Waals surface area contributed by atoms with Crippen LogP contribution in [0, 0.1) is 0 Å². The fourth-order valence-corrected chi connectivity index (χ4v) is 2.09. The molecule has 7 heteroatoms. The minimum atomic E-state index is 0.429. The van der Waals surface area contributed by atoms with Crippen LogP contribution in [0.2, 0.25) is 0 Å². The molecule has 0 N–H and O–H groups in total. The Hall–Kier alpha value is -0.460. The van der Waals surface area contributed by atoms with Crippen molar-refractivity contribution in [3.05, 3.63) is 15.2 Å². The van der Waals surface area contributed by atoms with Gasteiger partial charge in [-0.3, -0.25) is 0 Å². The van der Waals surface area contributed by atoms with Gasteiger partial charge in [-0.25, -0.2) is 4.98 Å². The van der Waals surface area contributed by atoms with Gasteiger partial charge < -0.3 is 4.42 Å². The zero-order chi connectivity index (χ0) is 9.97. The topological polar surface area (TPSA) is 51.8 Å². The number of aryl methyl sites for hydroxylation is 1. The summed E-state index contributed by atoms with van der Waals surface area (Å²) in [6, 6.07) is 0. The maximum Gasteiger partial charge on any atom is 0.268 e. The minimum absolute atomic E-state index is 0.429. The highest BCUT2D eigenvalue weighted by molar-refractivity contribution is 9.11. The number of aromatic nitrogens is 3. The van der Waals surface area contributed by atoms with E-state index in [1.807, 2.05) is 0 Å². The Bertz CT molecular complexity index is 430. The van der Waals surface area contributed by atoms with Crippen LogP contribution in [0.25, 0.3) is 11.6 Å². The van der Waals surface area contributed by atoms with Gasteiger partial charge in [-0.15, -0.1) is 33.1 Å². The van der Waals surface area contributed by atoms with Crippen LogP contribution >= 0.6 is 38.9 Å². The maximum absolute atomic E-state index is 5.55. The fraction of sp³-hybridized carbons (Fsp3) is 0.286. The summed E-state index contributed by atoms with van der Waals surface area (Å²) in [6.07, 6.45) is 0.580. The van der Waals surface area contributed by atoms with Gasteiger partial charge in [-0.1, -0.05) is 0 Å². The molecule has 14 heavy (non-hydrogen) atoms. The van der Waals surface area contributed by atoms with Crippen molar-refractivity contribution in [3.63, 3.8) is 0 Å². The molecule has 0 aromatic carbocycles. The number of halogens is 2. The molecule has 2 heterocycles. The van der Waals surface area contributed by atoms with Crippen LogP contribution < -0.4 is 0 Å². The fourth-order valence-electron chi connectivity index (χ4n) is 0.902. The van der Waals surface area contributed by atoms with E-state index in [1.165, 1.54) is 11.3 Å². The molecule has 0 aliphatic carbocycles. The Balaban J connectivity index is 2.29. The van der Waals surface area contributed by atoms with E-state index in [4.69, 9.17) is 16.0 Å². The van der Waals surface area contributed by atoms with E-state index in [0.29, 0.717) is 29.8 Å². The number of rotatable bonds is 3. The molecule has 0 aliphatic heterocycles. The normalized spacial score (nSPS) is 10.7. The summed E-state index contributed by atoms with van der Waals surface area (Å²) in [7, 11) is 0. The van der Waals surface area contributed by atoms with Gasteiger partial charge in [0, 0.05) is 12.3 Å². The molecular weight excluding hydrogens is 290 g/mol. The molecule has 2 aromatic rings. The quantitative estimate of drug-likeness (QED) is 0.817. The molecule has 2 aromatic heterocycles. The largest absolute Gasteiger partial charge is 0.419 e. The molecular formula is C7H5BrClN3OS. The molecule has 0 fully saturated rings. The van der Waals surface area contributed by atoms with Crippen LogP contribution in [0.5, 0.6) is 0 Å². The number of nitrogens with zero attached hydrogens (tertiary/aromatic N) is 3. The van der Waals surface area contributed by atoms with Gasteiger partial charge in [-0.2, -0.15) is 0 Å². The van der Waals surface area contributed by atoms with Crippen LogP contribution in [0.3, 0.4) is 0 Å². The molecule has 0 saturated heterocycles. The van der Waals surface area contributed by atoms with Gasteiger partial charge in [0.2, 0.25) is 5.89 Å². The van der Waals surface area contributed by atoms with Crippen molar-refractivity contribution in [1.29, 1.82) is 0 Å². The van der Waals surface area contributed by atoms with E-state index in [-0.39, 0.29) is 0 Å². The average Bonchev–Trinajstić information content (AvgIpc) is 2.74. The molecule has 4 nitrogen and oxygen atoms in total. The Morgan fingerprint density at radius 1 is 1.50 bits per heavy atom. The van der Waals surface area contributed by atoms with Crippen molar-refractivity contribution >= 4 is 38.9 Å². The molecule has 0 atom stereocenters. The Labute approximate surface area is 97.5 Å². The van der Waals surface area contributed by atoms with Gasteiger partial charge in [0.25, 0.3) is 5.89 Å². The summed E-state index contributed by atoms with van der Waals surface area (Å²) < 4.78 is 6.24. The van der Waals surface area contributed by atoms with E-state index in [1.54, 1.807) is 5.51 Å². The van der Waals surface area contributed by atoms with Gasteiger partial charge in [0.05, 0.1) is 5.51 Å². The summed E-state index contributed by atoms with van der Waals surface area (Å²) in [6.45, 7) is 0. The van der Waals surface area contributed by atoms with E-state index >= 15 is 0 Å². The molecule has 0 amide bonds. The summed E-state index contributed by atoms with van der Waals surface area (Å²) in [5.41, 5.74) is 2.40. The average molecular weight is 295 g/mol. The summed E-state index contributed by atoms with van der Waals surface area (Å²) in [5.74, 6) is 1.44. The first-order valence-electron chi connectivity index (χ1n) is 3.79. The van der Waals surface area contributed by atoms with E-state index in [2.05, 4.69) is 31.1 Å². The third kappa shape index (κ3) is 1.97. The third-order valence-electron chi connectivity index (χ3n) is 1.50. The third-order valence-corrected chi connectivity index (χ3v) is 3.24. The van der Waals surface area contributed by atoms with Crippen molar-refractivity contribution in [2.45, 2.75) is 6.42 Å². The highest BCUT2D eigenvalue weighted by Gasteiger charge is 2.13. The van der Waals surface area contributed by atoms with Crippen LogP contribution in [-0.2, 0) is 6.42 Å². The molecule has 0 aliphatic rings. The smallest absolute Gasteiger partial charge is 0.268 e. The molecule has 0 bridgehead atoms. The molecule has 0 saturated carbocycles. The zero-order valence-electron chi connectivity index (χ0n) is 6.91. The first kappa shape index (κ1) is 10.1. The Morgan fingerprint density at radius 2 is 2.36 bits per heavy atom. The predicted molar refractivity (Wildman–Crippen MR) is 57.5 cm³/mol. The van der Waals surface area contributed by atoms with Crippen LogP contribution in [0.15, 0.2) is 13.7 Å². The first-order chi connectivity index (χ1) is 6.81. The van der Waals surface area contributed by atoms with E-state index < -0.39 is 0 Å². The van der Waals surface area contributed by atoms with Gasteiger partial charge >= 0.3 is 0 Å². The van der Waals surface area contributed by atoms with Crippen LogP contribution in [-0.4, -0.2) is 21.1 Å².